The molecular weight excluding hydrogens is 263 g/mol. The van der Waals surface area contributed by atoms with E-state index in [9.17, 15) is 4.39 Å². The zero-order chi connectivity index (χ0) is 15.2. The molecule has 0 radical (unpaired) electrons. The van der Waals surface area contributed by atoms with Gasteiger partial charge in [0.2, 0.25) is 0 Å². The van der Waals surface area contributed by atoms with E-state index in [0.717, 1.165) is 6.42 Å². The fourth-order valence-corrected chi connectivity index (χ4v) is 2.44. The third-order valence-corrected chi connectivity index (χ3v) is 3.79. The molecular formula is C18H23FN2. The Balaban J connectivity index is 2.03. The first-order valence-corrected chi connectivity index (χ1v) is 7.38. The molecule has 3 N–H and O–H groups in total. The van der Waals surface area contributed by atoms with Gasteiger partial charge in [0.05, 0.1) is 0 Å². The SMILES string of the molecule is CC(C)c1ccc(CC(Cc2ccccc2F)NN)cc1. The van der Waals surface area contributed by atoms with E-state index >= 15 is 0 Å². The van der Waals surface area contributed by atoms with Crippen LogP contribution in [0.15, 0.2) is 48.5 Å². The lowest BCUT2D eigenvalue weighted by Crippen LogP contribution is -2.38. The van der Waals surface area contributed by atoms with Crippen LogP contribution < -0.4 is 11.3 Å². The van der Waals surface area contributed by atoms with Gasteiger partial charge in [0.25, 0.3) is 0 Å². The van der Waals surface area contributed by atoms with Crippen molar-refractivity contribution in [3.8, 4) is 0 Å². The number of benzene rings is 2. The average molecular weight is 286 g/mol. The Labute approximate surface area is 126 Å². The van der Waals surface area contributed by atoms with Crippen molar-refractivity contribution in [2.75, 3.05) is 0 Å². The van der Waals surface area contributed by atoms with E-state index in [-0.39, 0.29) is 11.9 Å². The lowest BCUT2D eigenvalue weighted by Gasteiger charge is -2.17. The fraction of sp³-hybridized carbons (Fsp3) is 0.333. The molecule has 0 aliphatic rings. The van der Waals surface area contributed by atoms with E-state index in [4.69, 9.17) is 5.84 Å². The highest BCUT2D eigenvalue weighted by atomic mass is 19.1. The number of nitrogens with two attached hydrogens (primary N) is 1. The zero-order valence-electron chi connectivity index (χ0n) is 12.6. The summed E-state index contributed by atoms with van der Waals surface area (Å²) in [4.78, 5) is 0. The van der Waals surface area contributed by atoms with Crippen LogP contribution in [0, 0.1) is 5.82 Å². The van der Waals surface area contributed by atoms with E-state index in [1.54, 1.807) is 6.07 Å². The van der Waals surface area contributed by atoms with Crippen LogP contribution in [0.25, 0.3) is 0 Å². The summed E-state index contributed by atoms with van der Waals surface area (Å²) in [6, 6.07) is 15.4. The first-order valence-electron chi connectivity index (χ1n) is 7.38. The van der Waals surface area contributed by atoms with Gasteiger partial charge in [-0.3, -0.25) is 11.3 Å². The molecule has 0 aliphatic heterocycles. The topological polar surface area (TPSA) is 38.0 Å². The van der Waals surface area contributed by atoms with Crippen LogP contribution in [0.3, 0.4) is 0 Å². The van der Waals surface area contributed by atoms with E-state index in [1.807, 2.05) is 12.1 Å². The van der Waals surface area contributed by atoms with Gasteiger partial charge < -0.3 is 0 Å². The summed E-state index contributed by atoms with van der Waals surface area (Å²) in [7, 11) is 0. The second kappa shape index (κ2) is 7.34. The fourth-order valence-electron chi connectivity index (χ4n) is 2.44. The molecule has 3 heteroatoms. The highest BCUT2D eigenvalue weighted by molar-refractivity contribution is 5.26. The second-order valence-corrected chi connectivity index (χ2v) is 5.76. The Morgan fingerprint density at radius 1 is 1.00 bits per heavy atom. The van der Waals surface area contributed by atoms with Gasteiger partial charge in [-0.1, -0.05) is 56.3 Å². The summed E-state index contributed by atoms with van der Waals surface area (Å²) in [6.45, 7) is 4.36. The molecule has 0 aromatic heterocycles. The van der Waals surface area contributed by atoms with Gasteiger partial charge in [-0.2, -0.15) is 0 Å². The molecule has 2 aromatic rings. The smallest absolute Gasteiger partial charge is 0.126 e. The Bertz CT molecular complexity index is 564. The van der Waals surface area contributed by atoms with Crippen LogP contribution in [0.5, 0.6) is 0 Å². The molecule has 0 saturated carbocycles. The first kappa shape index (κ1) is 15.7. The van der Waals surface area contributed by atoms with E-state index in [0.29, 0.717) is 17.9 Å². The first-order chi connectivity index (χ1) is 10.1. The van der Waals surface area contributed by atoms with Crippen molar-refractivity contribution >= 4 is 0 Å². The van der Waals surface area contributed by atoms with Crippen LogP contribution in [0.2, 0.25) is 0 Å². The molecule has 2 nitrogen and oxygen atoms in total. The number of hydrogen-bond acceptors (Lipinski definition) is 2. The van der Waals surface area contributed by atoms with Gasteiger partial charge in [0, 0.05) is 6.04 Å². The van der Waals surface area contributed by atoms with Crippen molar-refractivity contribution in [3.05, 3.63) is 71.0 Å². The van der Waals surface area contributed by atoms with Crippen LogP contribution in [0.4, 0.5) is 4.39 Å². The second-order valence-electron chi connectivity index (χ2n) is 5.76. The van der Waals surface area contributed by atoms with Crippen molar-refractivity contribution in [3.63, 3.8) is 0 Å². The summed E-state index contributed by atoms with van der Waals surface area (Å²) in [5.74, 6) is 5.98. The molecule has 0 amide bonds. The van der Waals surface area contributed by atoms with Crippen LogP contribution >= 0.6 is 0 Å². The van der Waals surface area contributed by atoms with E-state index in [1.165, 1.54) is 17.2 Å². The van der Waals surface area contributed by atoms with E-state index in [2.05, 4.69) is 43.5 Å². The van der Waals surface area contributed by atoms with Crippen molar-refractivity contribution in [2.24, 2.45) is 5.84 Å². The highest BCUT2D eigenvalue weighted by Crippen LogP contribution is 2.17. The molecule has 2 aromatic carbocycles. The van der Waals surface area contributed by atoms with Gasteiger partial charge in [-0.05, 0) is 41.5 Å². The molecule has 1 unspecified atom stereocenters. The van der Waals surface area contributed by atoms with E-state index < -0.39 is 0 Å². The van der Waals surface area contributed by atoms with Crippen molar-refractivity contribution in [1.82, 2.24) is 5.43 Å². The molecule has 0 bridgehead atoms. The number of hydrazine groups is 1. The molecule has 0 saturated heterocycles. The van der Waals surface area contributed by atoms with Gasteiger partial charge >= 0.3 is 0 Å². The molecule has 0 fully saturated rings. The Morgan fingerprint density at radius 2 is 1.67 bits per heavy atom. The molecule has 0 aliphatic carbocycles. The zero-order valence-corrected chi connectivity index (χ0v) is 12.6. The summed E-state index contributed by atoms with van der Waals surface area (Å²) in [5, 5.41) is 0. The maximum absolute atomic E-state index is 13.7. The molecule has 2 rings (SSSR count). The standard InChI is InChI=1S/C18H23FN2/c1-13(2)15-9-7-14(8-10-15)11-17(21-20)12-16-5-3-4-6-18(16)19/h3-10,13,17,21H,11-12,20H2,1-2H3. The van der Waals surface area contributed by atoms with Crippen molar-refractivity contribution in [1.29, 1.82) is 0 Å². The number of hydrogen-bond donors (Lipinski definition) is 2. The van der Waals surface area contributed by atoms with Crippen LogP contribution in [-0.2, 0) is 12.8 Å². The summed E-state index contributed by atoms with van der Waals surface area (Å²) in [5.41, 5.74) is 6.02. The number of halogens is 1. The predicted molar refractivity (Wildman–Crippen MR) is 85.5 cm³/mol. The number of rotatable bonds is 6. The lowest BCUT2D eigenvalue weighted by molar-refractivity contribution is 0.506. The largest absolute Gasteiger partial charge is 0.271 e. The third kappa shape index (κ3) is 4.38. The predicted octanol–water partition coefficient (Wildman–Crippen LogP) is 3.57. The summed E-state index contributed by atoms with van der Waals surface area (Å²) in [6.07, 6.45) is 1.36. The van der Waals surface area contributed by atoms with Crippen molar-refractivity contribution in [2.45, 2.75) is 38.6 Å². The normalized spacial score (nSPS) is 12.6. The third-order valence-electron chi connectivity index (χ3n) is 3.79. The highest BCUT2D eigenvalue weighted by Gasteiger charge is 2.11. The summed E-state index contributed by atoms with van der Waals surface area (Å²) >= 11 is 0. The van der Waals surface area contributed by atoms with Gasteiger partial charge in [0.15, 0.2) is 0 Å². The van der Waals surface area contributed by atoms with Crippen molar-refractivity contribution < 1.29 is 4.39 Å². The molecule has 0 spiro atoms. The van der Waals surface area contributed by atoms with Gasteiger partial charge in [0.1, 0.15) is 5.82 Å². The lowest BCUT2D eigenvalue weighted by atomic mass is 9.96. The minimum atomic E-state index is -0.173. The maximum atomic E-state index is 13.7. The van der Waals surface area contributed by atoms with Crippen LogP contribution in [-0.4, -0.2) is 6.04 Å². The summed E-state index contributed by atoms with van der Waals surface area (Å²) < 4.78 is 13.7. The average Bonchev–Trinajstić information content (AvgIpc) is 2.49. The monoisotopic (exact) mass is 286 g/mol. The van der Waals surface area contributed by atoms with Gasteiger partial charge in [-0.15, -0.1) is 0 Å². The minimum absolute atomic E-state index is 0.0202. The van der Waals surface area contributed by atoms with Crippen LogP contribution in [0.1, 0.15) is 36.5 Å². The molecule has 21 heavy (non-hydrogen) atoms. The number of nitrogens with one attached hydrogen (secondary N) is 1. The Hall–Kier alpha value is -1.71. The molecule has 0 heterocycles. The molecule has 112 valence electrons. The Morgan fingerprint density at radius 3 is 2.24 bits per heavy atom. The quantitative estimate of drug-likeness (QED) is 0.629. The maximum Gasteiger partial charge on any atom is 0.126 e. The van der Waals surface area contributed by atoms with Gasteiger partial charge in [-0.25, -0.2) is 4.39 Å². The Kier molecular flexibility index (Phi) is 5.48. The minimum Gasteiger partial charge on any atom is -0.271 e. The molecule has 1 atom stereocenters.